The fourth-order valence-electron chi connectivity index (χ4n) is 4.29. The van der Waals surface area contributed by atoms with Gasteiger partial charge in [-0.3, -0.25) is 14.7 Å². The van der Waals surface area contributed by atoms with Crippen LogP contribution in [0, 0.1) is 17.2 Å². The number of nitrogens with one attached hydrogen (secondary N) is 2. The maximum Gasteiger partial charge on any atom is 0.280 e. The van der Waals surface area contributed by atoms with E-state index in [1.807, 2.05) is 7.05 Å². The smallest absolute Gasteiger partial charge is 0.280 e. The molecule has 0 bridgehead atoms. The monoisotopic (exact) mass is 430 g/mol. The van der Waals surface area contributed by atoms with E-state index < -0.39 is 0 Å². The number of pyridine rings is 1. The van der Waals surface area contributed by atoms with Crippen LogP contribution in [-0.4, -0.2) is 51.8 Å². The third kappa shape index (κ3) is 4.20. The molecule has 2 unspecified atom stereocenters. The molecule has 1 aliphatic rings. The number of benzene rings is 1. The van der Waals surface area contributed by atoms with Gasteiger partial charge in [0.05, 0.1) is 22.8 Å². The number of nitrogens with zero attached hydrogens (tertiary/aromatic N) is 4. The lowest BCUT2D eigenvalue weighted by molar-refractivity contribution is 0.0768. The highest BCUT2D eigenvalue weighted by atomic mass is 16.2. The van der Waals surface area contributed by atoms with E-state index in [9.17, 15) is 9.59 Å². The minimum atomic E-state index is -0.252. The topological polar surface area (TPSA) is 107 Å². The average molecular weight is 431 g/mol. The van der Waals surface area contributed by atoms with E-state index in [-0.39, 0.29) is 11.5 Å². The molecule has 0 aliphatic carbocycles. The number of carbonyl (C=O) groups excluding carboxylic acids is 1. The summed E-state index contributed by atoms with van der Waals surface area (Å²) in [5.74, 6) is 0.780. The summed E-state index contributed by atoms with van der Waals surface area (Å²) in [5, 5.41) is 15.3. The summed E-state index contributed by atoms with van der Waals surface area (Å²) in [6, 6.07) is 12.7. The van der Waals surface area contributed by atoms with Gasteiger partial charge in [-0.25, -0.2) is 9.67 Å². The van der Waals surface area contributed by atoms with Gasteiger partial charge in [-0.2, -0.15) is 5.26 Å². The third-order valence-electron chi connectivity index (χ3n) is 6.11. The van der Waals surface area contributed by atoms with Gasteiger partial charge in [0.25, 0.3) is 11.5 Å². The van der Waals surface area contributed by atoms with E-state index in [0.717, 1.165) is 19.4 Å². The minimum absolute atomic E-state index is 0.0806. The second-order valence-electron chi connectivity index (χ2n) is 8.13. The number of aromatic nitrogens is 3. The van der Waals surface area contributed by atoms with E-state index in [1.165, 1.54) is 10.9 Å². The molecule has 1 aromatic carbocycles. The van der Waals surface area contributed by atoms with Crippen molar-refractivity contribution in [2.24, 2.45) is 5.92 Å². The highest BCUT2D eigenvalue weighted by Gasteiger charge is 2.27. The van der Waals surface area contributed by atoms with Crippen molar-refractivity contribution in [3.8, 4) is 23.0 Å². The number of hydrogen-bond acceptors (Lipinski definition) is 5. The summed E-state index contributed by atoms with van der Waals surface area (Å²) in [6.07, 6.45) is 5.24. The van der Waals surface area contributed by atoms with Crippen molar-refractivity contribution in [3.05, 3.63) is 70.3 Å². The Morgan fingerprint density at radius 2 is 2.06 bits per heavy atom. The molecule has 164 valence electrons. The molecule has 3 aromatic rings. The molecule has 0 radical (unpaired) electrons. The first kappa shape index (κ1) is 21.5. The Labute approximate surface area is 186 Å². The predicted octanol–water partition coefficient (Wildman–Crippen LogP) is 2.56. The molecule has 8 nitrogen and oxygen atoms in total. The van der Waals surface area contributed by atoms with E-state index in [2.05, 4.69) is 28.4 Å². The fourth-order valence-corrected chi connectivity index (χ4v) is 4.29. The van der Waals surface area contributed by atoms with Crippen LogP contribution in [0.3, 0.4) is 0 Å². The van der Waals surface area contributed by atoms with Gasteiger partial charge in [0.15, 0.2) is 5.82 Å². The van der Waals surface area contributed by atoms with Gasteiger partial charge in [0.1, 0.15) is 0 Å². The van der Waals surface area contributed by atoms with Crippen molar-refractivity contribution in [3.63, 3.8) is 0 Å². The first-order valence-electron chi connectivity index (χ1n) is 10.8. The van der Waals surface area contributed by atoms with Crippen LogP contribution in [0.2, 0.25) is 0 Å². The zero-order valence-electron chi connectivity index (χ0n) is 18.2. The number of H-pyrrole nitrogens is 1. The molecule has 2 N–H and O–H groups in total. The largest absolute Gasteiger partial charge is 0.341 e. The Morgan fingerprint density at radius 1 is 1.28 bits per heavy atom. The van der Waals surface area contributed by atoms with E-state index in [1.54, 1.807) is 47.5 Å². The highest BCUT2D eigenvalue weighted by Crippen LogP contribution is 2.20. The maximum absolute atomic E-state index is 12.8. The highest BCUT2D eigenvalue weighted by molar-refractivity contribution is 5.93. The quantitative estimate of drug-likeness (QED) is 0.625. The standard InChI is InChI=1S/C24H26N6O2/c1-3-21-19(10-11-26-21)15-29(2)23(31)18-8-9-22(27-13-18)30-24(32)20(14-28-30)17-6-4-16(12-25)5-7-17/h4-9,13-14,19,21,26,28H,3,10-11,15H2,1-2H3. The zero-order valence-corrected chi connectivity index (χ0v) is 18.2. The Balaban J connectivity index is 1.49. The molecule has 2 aromatic heterocycles. The van der Waals surface area contributed by atoms with Gasteiger partial charge in [-0.15, -0.1) is 0 Å². The van der Waals surface area contributed by atoms with Gasteiger partial charge >= 0.3 is 0 Å². The fraction of sp³-hybridized carbons (Fsp3) is 0.333. The molecule has 8 heteroatoms. The van der Waals surface area contributed by atoms with Crippen LogP contribution in [0.5, 0.6) is 0 Å². The van der Waals surface area contributed by atoms with Gasteiger partial charge in [-0.1, -0.05) is 19.1 Å². The summed E-state index contributed by atoms with van der Waals surface area (Å²) < 4.78 is 1.33. The second kappa shape index (κ2) is 9.20. The third-order valence-corrected chi connectivity index (χ3v) is 6.11. The Hall–Kier alpha value is -3.70. The number of nitriles is 1. The lowest BCUT2D eigenvalue weighted by Crippen LogP contribution is -2.37. The first-order chi connectivity index (χ1) is 15.5. The van der Waals surface area contributed by atoms with Crippen molar-refractivity contribution >= 4 is 5.91 Å². The van der Waals surface area contributed by atoms with Crippen molar-refractivity contribution in [2.75, 3.05) is 20.1 Å². The van der Waals surface area contributed by atoms with Gasteiger partial charge in [0, 0.05) is 32.0 Å². The number of rotatable bonds is 6. The second-order valence-corrected chi connectivity index (χ2v) is 8.13. The zero-order chi connectivity index (χ0) is 22.7. The molecule has 32 heavy (non-hydrogen) atoms. The molecular weight excluding hydrogens is 404 g/mol. The average Bonchev–Trinajstić information content (AvgIpc) is 3.44. The van der Waals surface area contributed by atoms with E-state index in [0.29, 0.717) is 46.6 Å². The van der Waals surface area contributed by atoms with Crippen LogP contribution in [0.15, 0.2) is 53.6 Å². The van der Waals surface area contributed by atoms with Gasteiger partial charge in [-0.05, 0) is 55.1 Å². The van der Waals surface area contributed by atoms with Crippen molar-refractivity contribution in [1.82, 2.24) is 25.0 Å². The number of aromatic amines is 1. The van der Waals surface area contributed by atoms with E-state index in [4.69, 9.17) is 5.26 Å². The predicted molar refractivity (Wildman–Crippen MR) is 121 cm³/mol. The summed E-state index contributed by atoms with van der Waals surface area (Å²) in [4.78, 5) is 31.8. The molecule has 1 aliphatic heterocycles. The van der Waals surface area contributed by atoms with Crippen molar-refractivity contribution < 1.29 is 4.79 Å². The molecule has 0 spiro atoms. The molecule has 1 fully saturated rings. The number of amides is 1. The van der Waals surface area contributed by atoms with Crippen LogP contribution in [0.1, 0.15) is 35.7 Å². The van der Waals surface area contributed by atoms with Crippen LogP contribution >= 0.6 is 0 Å². The molecule has 2 atom stereocenters. The summed E-state index contributed by atoms with van der Waals surface area (Å²) in [7, 11) is 1.82. The molecule has 1 saturated heterocycles. The number of carbonyl (C=O) groups is 1. The Kier molecular flexibility index (Phi) is 6.19. The van der Waals surface area contributed by atoms with Gasteiger partial charge < -0.3 is 10.2 Å². The van der Waals surface area contributed by atoms with E-state index >= 15 is 0 Å². The van der Waals surface area contributed by atoms with Crippen LogP contribution in [0.25, 0.3) is 16.9 Å². The summed E-state index contributed by atoms with van der Waals surface area (Å²) in [5.41, 5.74) is 1.96. The van der Waals surface area contributed by atoms with Crippen LogP contribution in [-0.2, 0) is 0 Å². The lowest BCUT2D eigenvalue weighted by Gasteiger charge is -2.25. The minimum Gasteiger partial charge on any atom is -0.341 e. The molecule has 3 heterocycles. The molecular formula is C24H26N6O2. The van der Waals surface area contributed by atoms with Crippen molar-refractivity contribution in [1.29, 1.82) is 5.26 Å². The summed E-state index contributed by atoms with van der Waals surface area (Å²) >= 11 is 0. The molecule has 4 rings (SSSR count). The Morgan fingerprint density at radius 3 is 2.72 bits per heavy atom. The normalized spacial score (nSPS) is 17.8. The van der Waals surface area contributed by atoms with Crippen LogP contribution in [0.4, 0.5) is 0 Å². The number of hydrogen-bond donors (Lipinski definition) is 2. The van der Waals surface area contributed by atoms with Gasteiger partial charge in [0.2, 0.25) is 0 Å². The summed E-state index contributed by atoms with van der Waals surface area (Å²) in [6.45, 7) is 3.86. The molecule has 1 amide bonds. The lowest BCUT2D eigenvalue weighted by atomic mass is 9.98. The maximum atomic E-state index is 12.8. The molecule has 0 saturated carbocycles. The van der Waals surface area contributed by atoms with Crippen molar-refractivity contribution in [2.45, 2.75) is 25.8 Å². The first-order valence-corrected chi connectivity index (χ1v) is 10.8. The SMILES string of the molecule is CCC1NCCC1CN(C)C(=O)c1ccc(-n2[nH]cc(-c3ccc(C#N)cc3)c2=O)nc1. The Bertz CT molecular complexity index is 1190. The van der Waals surface area contributed by atoms with Crippen LogP contribution < -0.4 is 10.9 Å².